The zero-order chi connectivity index (χ0) is 23.5. The highest BCUT2D eigenvalue weighted by atomic mass is 32.2. The summed E-state index contributed by atoms with van der Waals surface area (Å²) >= 11 is 8.22. The van der Waals surface area contributed by atoms with Crippen molar-refractivity contribution in [3.63, 3.8) is 0 Å². The quantitative estimate of drug-likeness (QED) is 0.140. The molecule has 0 spiro atoms. The number of thiol groups is 2. The second kappa shape index (κ2) is 9.55. The van der Waals surface area contributed by atoms with Gasteiger partial charge in [0.15, 0.2) is 10.4 Å². The number of nitrogens with one attached hydrogen (secondary N) is 2. The minimum absolute atomic E-state index is 0.139. The summed E-state index contributed by atoms with van der Waals surface area (Å²) in [6, 6.07) is 15.6. The Hall–Kier alpha value is -3.50. The molecule has 3 aromatic heterocycles. The normalized spacial score (nSPS) is 11.0. The van der Waals surface area contributed by atoms with Gasteiger partial charge in [-0.15, -0.1) is 25.3 Å². The maximum Gasteiger partial charge on any atom is 0.264 e. The highest BCUT2D eigenvalue weighted by molar-refractivity contribution is 7.98. The SMILES string of the molecule is CCOc1ccc2cc(-c3ccc(=N)n(C=N)c3)c(=O)n(-c3ccc(OC(S)S)cc3)c2n1. The minimum atomic E-state index is -0.571. The van der Waals surface area contributed by atoms with Gasteiger partial charge in [0.1, 0.15) is 11.2 Å². The molecule has 168 valence electrons. The predicted molar refractivity (Wildman–Crippen MR) is 134 cm³/mol. The molecule has 0 aliphatic rings. The molecule has 10 heteroatoms. The maximum atomic E-state index is 13.7. The molecule has 0 unspecified atom stereocenters. The first kappa shape index (κ1) is 22.7. The molecule has 1 aromatic carbocycles. The molecule has 0 atom stereocenters. The number of fused-ring (bicyclic) bond motifs is 1. The Morgan fingerprint density at radius 1 is 1.12 bits per heavy atom. The number of ether oxygens (including phenoxy) is 2. The molecule has 0 fully saturated rings. The van der Waals surface area contributed by atoms with E-state index in [-0.39, 0.29) is 11.0 Å². The van der Waals surface area contributed by atoms with E-state index in [4.69, 9.17) is 20.3 Å². The summed E-state index contributed by atoms with van der Waals surface area (Å²) in [4.78, 5) is 18.3. The van der Waals surface area contributed by atoms with Crippen LogP contribution in [0.25, 0.3) is 27.8 Å². The van der Waals surface area contributed by atoms with Crippen LogP contribution >= 0.6 is 25.3 Å². The first-order chi connectivity index (χ1) is 15.9. The Morgan fingerprint density at radius 2 is 1.88 bits per heavy atom. The van der Waals surface area contributed by atoms with Crippen molar-refractivity contribution < 1.29 is 9.47 Å². The van der Waals surface area contributed by atoms with Gasteiger partial charge in [0.05, 0.1) is 18.6 Å². The molecule has 33 heavy (non-hydrogen) atoms. The molecule has 0 amide bonds. The molecule has 0 bridgehead atoms. The number of aromatic nitrogens is 3. The topological polar surface area (TPSA) is 106 Å². The van der Waals surface area contributed by atoms with E-state index in [2.05, 4.69) is 30.2 Å². The van der Waals surface area contributed by atoms with E-state index < -0.39 is 4.77 Å². The first-order valence-electron chi connectivity index (χ1n) is 10.0. The monoisotopic (exact) mass is 479 g/mol. The van der Waals surface area contributed by atoms with Crippen LogP contribution in [-0.4, -0.2) is 31.8 Å². The van der Waals surface area contributed by atoms with Crippen LogP contribution in [0.5, 0.6) is 11.6 Å². The van der Waals surface area contributed by atoms with E-state index in [0.717, 1.165) is 11.7 Å². The van der Waals surface area contributed by atoms with E-state index in [0.29, 0.717) is 40.7 Å². The van der Waals surface area contributed by atoms with Crippen LogP contribution < -0.4 is 20.5 Å². The highest BCUT2D eigenvalue weighted by Gasteiger charge is 2.15. The lowest BCUT2D eigenvalue weighted by molar-refractivity contribution is 0.328. The molecular weight excluding hydrogens is 458 g/mol. The van der Waals surface area contributed by atoms with Gasteiger partial charge in [0.25, 0.3) is 5.56 Å². The van der Waals surface area contributed by atoms with Crippen molar-refractivity contribution in [2.75, 3.05) is 6.61 Å². The van der Waals surface area contributed by atoms with Gasteiger partial charge in [-0.3, -0.25) is 24.7 Å². The fraction of sp³-hybridized carbons (Fsp3) is 0.130. The summed E-state index contributed by atoms with van der Waals surface area (Å²) in [5, 5.41) is 16.2. The Bertz CT molecular complexity index is 1450. The molecule has 0 radical (unpaired) electrons. The largest absolute Gasteiger partial charge is 0.478 e. The van der Waals surface area contributed by atoms with Gasteiger partial charge in [-0.05, 0) is 55.5 Å². The number of benzene rings is 1. The zero-order valence-corrected chi connectivity index (χ0v) is 19.4. The molecule has 0 aliphatic carbocycles. The fourth-order valence-electron chi connectivity index (χ4n) is 3.42. The van der Waals surface area contributed by atoms with E-state index in [1.54, 1.807) is 54.7 Å². The summed E-state index contributed by atoms with van der Waals surface area (Å²) in [6.07, 6.45) is 2.61. The summed E-state index contributed by atoms with van der Waals surface area (Å²) in [6.45, 7) is 2.32. The van der Waals surface area contributed by atoms with Gasteiger partial charge in [-0.25, -0.2) is 0 Å². The molecular formula is C23H21N5O3S2. The van der Waals surface area contributed by atoms with Crippen molar-refractivity contribution in [3.05, 3.63) is 76.6 Å². The molecule has 2 N–H and O–H groups in total. The molecule has 4 aromatic rings. The van der Waals surface area contributed by atoms with E-state index >= 15 is 0 Å². The van der Waals surface area contributed by atoms with Crippen LogP contribution in [0, 0.1) is 10.8 Å². The molecule has 3 heterocycles. The molecule has 0 aliphatic heterocycles. The highest BCUT2D eigenvalue weighted by Crippen LogP contribution is 2.25. The second-order valence-corrected chi connectivity index (χ2v) is 8.32. The van der Waals surface area contributed by atoms with Gasteiger partial charge in [-0.1, -0.05) is 0 Å². The van der Waals surface area contributed by atoms with Crippen LogP contribution in [-0.2, 0) is 0 Å². The van der Waals surface area contributed by atoms with Crippen molar-refractivity contribution in [1.29, 1.82) is 10.8 Å². The van der Waals surface area contributed by atoms with E-state index in [1.807, 2.05) is 13.0 Å². The van der Waals surface area contributed by atoms with Crippen LogP contribution in [0.15, 0.2) is 65.6 Å². The Kier molecular flexibility index (Phi) is 6.57. The summed E-state index contributed by atoms with van der Waals surface area (Å²) in [5.74, 6) is 0.974. The van der Waals surface area contributed by atoms with Crippen LogP contribution in [0.2, 0.25) is 0 Å². The summed E-state index contributed by atoms with van der Waals surface area (Å²) in [7, 11) is 0. The first-order valence-corrected chi connectivity index (χ1v) is 11.0. The van der Waals surface area contributed by atoms with Gasteiger partial charge in [-0.2, -0.15) is 4.98 Å². The number of hydrogen-bond acceptors (Lipinski definition) is 8. The van der Waals surface area contributed by atoms with Gasteiger partial charge >= 0.3 is 0 Å². The fourth-order valence-corrected chi connectivity index (χ4v) is 3.66. The van der Waals surface area contributed by atoms with Crippen molar-refractivity contribution >= 4 is 42.6 Å². The maximum absolute atomic E-state index is 13.7. The smallest absolute Gasteiger partial charge is 0.264 e. The second-order valence-electron chi connectivity index (χ2n) is 6.97. The van der Waals surface area contributed by atoms with E-state index in [9.17, 15) is 4.79 Å². The molecule has 0 saturated carbocycles. The van der Waals surface area contributed by atoms with Gasteiger partial charge in [0.2, 0.25) is 5.88 Å². The van der Waals surface area contributed by atoms with Crippen molar-refractivity contribution in [2.24, 2.45) is 0 Å². The Balaban J connectivity index is 1.98. The standard InChI is InChI=1S/C23H21N5O3S2/c1-2-30-20-10-4-14-11-18(15-3-9-19(25)27(12-15)13-24)22(29)28(21(14)26-20)16-5-7-17(8-6-16)31-23(32)33/h3-13,23-25,32-33H,2H2,1H3. The Labute approximate surface area is 200 Å². The lowest BCUT2D eigenvalue weighted by Gasteiger charge is -2.15. The van der Waals surface area contributed by atoms with Crippen LogP contribution in [0.3, 0.4) is 0 Å². The lowest BCUT2D eigenvalue weighted by atomic mass is 10.1. The van der Waals surface area contributed by atoms with Crippen molar-refractivity contribution in [3.8, 4) is 28.4 Å². The van der Waals surface area contributed by atoms with Crippen molar-refractivity contribution in [1.82, 2.24) is 14.1 Å². The summed E-state index contributed by atoms with van der Waals surface area (Å²) < 4.78 is 13.3. The lowest BCUT2D eigenvalue weighted by Crippen LogP contribution is -2.23. The predicted octanol–water partition coefficient (Wildman–Crippen LogP) is 3.71. The summed E-state index contributed by atoms with van der Waals surface area (Å²) in [5.41, 5.74) is 1.87. The Morgan fingerprint density at radius 3 is 2.55 bits per heavy atom. The van der Waals surface area contributed by atoms with E-state index in [1.165, 1.54) is 9.13 Å². The zero-order valence-electron chi connectivity index (χ0n) is 17.6. The third-order valence-electron chi connectivity index (χ3n) is 4.88. The van der Waals surface area contributed by atoms with Crippen molar-refractivity contribution in [2.45, 2.75) is 11.7 Å². The molecule has 0 saturated heterocycles. The average molecular weight is 480 g/mol. The van der Waals surface area contributed by atoms with Gasteiger partial charge < -0.3 is 9.47 Å². The number of rotatable bonds is 7. The molecule has 8 nitrogen and oxygen atoms in total. The average Bonchev–Trinajstić information content (AvgIpc) is 2.80. The van der Waals surface area contributed by atoms with Gasteiger partial charge in [0, 0.05) is 28.8 Å². The third kappa shape index (κ3) is 4.67. The number of hydrogen-bond donors (Lipinski definition) is 4. The minimum Gasteiger partial charge on any atom is -0.478 e. The van der Waals surface area contributed by atoms with Crippen LogP contribution in [0.1, 0.15) is 6.92 Å². The number of nitrogens with zero attached hydrogens (tertiary/aromatic N) is 3. The molecule has 4 rings (SSSR count). The van der Waals surface area contributed by atoms with Crippen LogP contribution in [0.4, 0.5) is 0 Å². The third-order valence-corrected chi connectivity index (χ3v) is 5.09. The number of pyridine rings is 3.